The zero-order valence-corrected chi connectivity index (χ0v) is 10.9. The molecule has 90 valence electrons. The van der Waals surface area contributed by atoms with Crippen LogP contribution in [0.15, 0.2) is 15.6 Å². The third-order valence-corrected chi connectivity index (χ3v) is 3.10. The summed E-state index contributed by atoms with van der Waals surface area (Å²) in [7, 11) is 0. The van der Waals surface area contributed by atoms with Crippen LogP contribution in [0.25, 0.3) is 0 Å². The van der Waals surface area contributed by atoms with Crippen LogP contribution in [0.3, 0.4) is 0 Å². The number of nitrogens with two attached hydrogens (primary N) is 1. The summed E-state index contributed by atoms with van der Waals surface area (Å²) in [4.78, 5) is 17.8. The first-order chi connectivity index (χ1) is 7.65. The van der Waals surface area contributed by atoms with Crippen LogP contribution in [-0.4, -0.2) is 23.1 Å². The summed E-state index contributed by atoms with van der Waals surface area (Å²) in [6.07, 6.45) is 3.47. The molecule has 0 aliphatic heterocycles. The second kappa shape index (κ2) is 6.65. The van der Waals surface area contributed by atoms with Gasteiger partial charge in [0.15, 0.2) is 0 Å². The Bertz CT molecular complexity index is 379. The Morgan fingerprint density at radius 1 is 1.69 bits per heavy atom. The zero-order valence-electron chi connectivity index (χ0n) is 9.29. The van der Waals surface area contributed by atoms with Gasteiger partial charge in [0, 0.05) is 6.54 Å². The van der Waals surface area contributed by atoms with E-state index in [0.717, 1.165) is 19.4 Å². The summed E-state index contributed by atoms with van der Waals surface area (Å²) < 4.78 is 0.446. The first-order valence-electron chi connectivity index (χ1n) is 5.32. The van der Waals surface area contributed by atoms with Crippen LogP contribution in [0.4, 0.5) is 5.82 Å². The van der Waals surface area contributed by atoms with Crippen LogP contribution < -0.4 is 16.6 Å². The number of hydrogen-bond acceptors (Lipinski definition) is 4. The Hall–Kier alpha value is -0.880. The molecule has 1 unspecified atom stereocenters. The summed E-state index contributed by atoms with van der Waals surface area (Å²) in [5, 5.41) is 3.11. The summed E-state index contributed by atoms with van der Waals surface area (Å²) in [6, 6.07) is 0. The highest BCUT2D eigenvalue weighted by molar-refractivity contribution is 9.10. The Kier molecular flexibility index (Phi) is 5.48. The van der Waals surface area contributed by atoms with Gasteiger partial charge in [-0.15, -0.1) is 0 Å². The molecule has 0 amide bonds. The van der Waals surface area contributed by atoms with Gasteiger partial charge in [0.05, 0.1) is 6.33 Å². The van der Waals surface area contributed by atoms with Gasteiger partial charge in [-0.1, -0.05) is 6.92 Å². The maximum Gasteiger partial charge on any atom is 0.267 e. The highest BCUT2D eigenvalue weighted by atomic mass is 79.9. The molecule has 1 heterocycles. The predicted molar refractivity (Wildman–Crippen MR) is 68.5 cm³/mol. The molecule has 0 aromatic carbocycles. The molecule has 1 atom stereocenters. The van der Waals surface area contributed by atoms with Crippen molar-refractivity contribution < 1.29 is 0 Å². The lowest BCUT2D eigenvalue weighted by Gasteiger charge is -2.09. The van der Waals surface area contributed by atoms with Crippen molar-refractivity contribution in [3.8, 4) is 0 Å². The first-order valence-corrected chi connectivity index (χ1v) is 6.11. The van der Waals surface area contributed by atoms with Gasteiger partial charge >= 0.3 is 0 Å². The molecule has 0 aliphatic carbocycles. The average Bonchev–Trinajstić information content (AvgIpc) is 2.29. The summed E-state index contributed by atoms with van der Waals surface area (Å²) >= 11 is 3.19. The molecule has 0 spiro atoms. The minimum Gasteiger partial charge on any atom is -0.369 e. The van der Waals surface area contributed by atoms with Crippen molar-refractivity contribution in [1.82, 2.24) is 9.97 Å². The van der Waals surface area contributed by atoms with Crippen molar-refractivity contribution in [2.24, 2.45) is 11.7 Å². The molecule has 1 aromatic heterocycles. The second-order valence-electron chi connectivity index (χ2n) is 3.80. The normalized spacial score (nSPS) is 12.4. The van der Waals surface area contributed by atoms with Crippen LogP contribution >= 0.6 is 15.9 Å². The van der Waals surface area contributed by atoms with Crippen molar-refractivity contribution in [3.63, 3.8) is 0 Å². The van der Waals surface area contributed by atoms with Crippen LogP contribution in [0.2, 0.25) is 0 Å². The zero-order chi connectivity index (χ0) is 12.0. The number of hydrogen-bond donors (Lipinski definition) is 3. The van der Waals surface area contributed by atoms with Crippen molar-refractivity contribution >= 4 is 21.7 Å². The van der Waals surface area contributed by atoms with Crippen molar-refractivity contribution in [3.05, 3.63) is 21.2 Å². The van der Waals surface area contributed by atoms with E-state index in [-0.39, 0.29) is 5.56 Å². The predicted octanol–water partition coefficient (Wildman–Crippen LogP) is 1.32. The van der Waals surface area contributed by atoms with Gasteiger partial charge in [-0.05, 0) is 41.2 Å². The lowest BCUT2D eigenvalue weighted by atomic mass is 10.1. The minimum atomic E-state index is -0.173. The van der Waals surface area contributed by atoms with E-state index in [1.165, 1.54) is 6.33 Å². The maximum absolute atomic E-state index is 11.2. The van der Waals surface area contributed by atoms with E-state index in [2.05, 4.69) is 38.1 Å². The number of aromatic nitrogens is 2. The van der Waals surface area contributed by atoms with Gasteiger partial charge in [-0.3, -0.25) is 4.79 Å². The number of rotatable bonds is 6. The topological polar surface area (TPSA) is 83.8 Å². The van der Waals surface area contributed by atoms with E-state index in [4.69, 9.17) is 5.73 Å². The highest BCUT2D eigenvalue weighted by Gasteiger charge is 2.04. The maximum atomic E-state index is 11.2. The number of halogens is 1. The molecule has 1 aromatic rings. The highest BCUT2D eigenvalue weighted by Crippen LogP contribution is 2.13. The van der Waals surface area contributed by atoms with Gasteiger partial charge < -0.3 is 16.0 Å². The monoisotopic (exact) mass is 288 g/mol. The van der Waals surface area contributed by atoms with Gasteiger partial charge in [0.25, 0.3) is 5.56 Å². The third-order valence-electron chi connectivity index (χ3n) is 2.37. The van der Waals surface area contributed by atoms with Crippen LogP contribution in [0.5, 0.6) is 0 Å². The first kappa shape index (κ1) is 13.2. The smallest absolute Gasteiger partial charge is 0.267 e. The molecule has 0 saturated heterocycles. The standard InChI is InChI=1S/C10H17BrN4O/c1-7(5-12)3-2-4-13-9-8(11)10(16)15-6-14-9/h6-7H,2-5,12H2,1H3,(H2,13,14,15,16). The van der Waals surface area contributed by atoms with Crippen LogP contribution in [0.1, 0.15) is 19.8 Å². The fourth-order valence-corrected chi connectivity index (χ4v) is 1.64. The summed E-state index contributed by atoms with van der Waals surface area (Å²) in [5.41, 5.74) is 5.35. The van der Waals surface area contributed by atoms with Gasteiger partial charge in [-0.2, -0.15) is 0 Å². The molecule has 0 bridgehead atoms. The van der Waals surface area contributed by atoms with Crippen molar-refractivity contribution in [1.29, 1.82) is 0 Å². The number of aromatic amines is 1. The summed E-state index contributed by atoms with van der Waals surface area (Å²) in [5.74, 6) is 1.13. The van der Waals surface area contributed by atoms with Crippen molar-refractivity contribution in [2.75, 3.05) is 18.4 Å². The number of nitrogens with one attached hydrogen (secondary N) is 2. The number of nitrogens with zero attached hydrogens (tertiary/aromatic N) is 1. The summed E-state index contributed by atoms with van der Waals surface area (Å²) in [6.45, 7) is 3.63. The van der Waals surface area contributed by atoms with Crippen molar-refractivity contribution in [2.45, 2.75) is 19.8 Å². The Morgan fingerprint density at radius 3 is 3.12 bits per heavy atom. The minimum absolute atomic E-state index is 0.173. The van der Waals surface area contributed by atoms with E-state index in [1.54, 1.807) is 0 Å². The fraction of sp³-hybridized carbons (Fsp3) is 0.600. The van der Waals surface area contributed by atoms with Gasteiger partial charge in [0.2, 0.25) is 0 Å². The molecular formula is C10H17BrN4O. The molecule has 1 rings (SSSR count). The second-order valence-corrected chi connectivity index (χ2v) is 4.60. The SMILES string of the molecule is CC(CN)CCCNc1nc[nH]c(=O)c1Br. The van der Waals surface area contributed by atoms with E-state index in [0.29, 0.717) is 22.8 Å². The average molecular weight is 289 g/mol. The molecule has 0 fully saturated rings. The number of H-pyrrole nitrogens is 1. The molecule has 6 heteroatoms. The molecule has 5 nitrogen and oxygen atoms in total. The van der Waals surface area contributed by atoms with E-state index >= 15 is 0 Å². The van der Waals surface area contributed by atoms with Crippen LogP contribution in [0, 0.1) is 5.92 Å². The Balaban J connectivity index is 2.38. The quantitative estimate of drug-likeness (QED) is 0.690. The van der Waals surface area contributed by atoms with Gasteiger partial charge in [0.1, 0.15) is 10.3 Å². The van der Waals surface area contributed by atoms with E-state index < -0.39 is 0 Å². The van der Waals surface area contributed by atoms with Gasteiger partial charge in [-0.25, -0.2) is 4.98 Å². The molecule has 4 N–H and O–H groups in total. The van der Waals surface area contributed by atoms with Crippen LogP contribution in [-0.2, 0) is 0 Å². The Labute approximate surface area is 103 Å². The largest absolute Gasteiger partial charge is 0.369 e. The molecule has 0 aliphatic rings. The molecule has 16 heavy (non-hydrogen) atoms. The van der Waals surface area contributed by atoms with E-state index in [9.17, 15) is 4.79 Å². The molecular weight excluding hydrogens is 272 g/mol. The molecule has 0 saturated carbocycles. The molecule has 0 radical (unpaired) electrons. The fourth-order valence-electron chi connectivity index (χ4n) is 1.28. The lowest BCUT2D eigenvalue weighted by molar-refractivity contribution is 0.529. The Morgan fingerprint density at radius 2 is 2.44 bits per heavy atom. The number of anilines is 1. The van der Waals surface area contributed by atoms with E-state index in [1.807, 2.05) is 0 Å². The lowest BCUT2D eigenvalue weighted by Crippen LogP contribution is -2.15. The third kappa shape index (κ3) is 3.94.